The van der Waals surface area contributed by atoms with Crippen molar-refractivity contribution in [2.45, 2.75) is 31.0 Å². The van der Waals surface area contributed by atoms with Crippen LogP contribution in [0.1, 0.15) is 24.0 Å². The van der Waals surface area contributed by atoms with E-state index in [1.54, 1.807) is 6.20 Å². The predicted molar refractivity (Wildman–Crippen MR) is 62.8 cm³/mol. The lowest BCUT2D eigenvalue weighted by Gasteiger charge is -2.34. The minimum Gasteiger partial charge on any atom is -0.354 e. The molecule has 1 unspecified atom stereocenters. The van der Waals surface area contributed by atoms with Gasteiger partial charge in [-0.05, 0) is 36.5 Å². The van der Waals surface area contributed by atoms with Gasteiger partial charge in [0.05, 0.1) is 12.1 Å². The van der Waals surface area contributed by atoms with Crippen molar-refractivity contribution in [3.8, 4) is 0 Å². The number of halogens is 1. The summed E-state index contributed by atoms with van der Waals surface area (Å²) < 4.78 is 5.45. The van der Waals surface area contributed by atoms with Gasteiger partial charge in [-0.25, -0.2) is 4.98 Å². The van der Waals surface area contributed by atoms with Crippen molar-refractivity contribution in [3.05, 3.63) is 28.5 Å². The summed E-state index contributed by atoms with van der Waals surface area (Å²) in [6.07, 6.45) is 4.94. The largest absolute Gasteiger partial charge is 0.354 e. The average molecular weight is 253 g/mol. The monoisotopic (exact) mass is 252 g/mol. The lowest BCUT2D eigenvalue weighted by molar-refractivity contribution is -0.116. The minimum atomic E-state index is -0.507. The number of carbonyl (C=O) groups excluding carboxylic acids is 1. The van der Waals surface area contributed by atoms with Crippen LogP contribution < -0.4 is 5.32 Å². The zero-order valence-corrected chi connectivity index (χ0v) is 10.0. The van der Waals surface area contributed by atoms with E-state index in [4.69, 9.17) is 16.3 Å². The van der Waals surface area contributed by atoms with Crippen molar-refractivity contribution in [2.75, 3.05) is 6.61 Å². The molecule has 2 aliphatic rings. The second-order valence-electron chi connectivity index (χ2n) is 4.58. The standard InChI is InChI=1S/C12H13ClN2O2/c13-11-8-2-1-4-12(9(8)3-5-14-11)7-17-10(6-16)15-12/h3,5-6,10,15H,1-2,4,7H2/t10?,12-/m1/s1. The Balaban J connectivity index is 2.05. The predicted octanol–water partition coefficient (Wildman–Crippen LogP) is 1.41. The number of aldehydes is 1. The number of hydrogen-bond donors (Lipinski definition) is 1. The van der Waals surface area contributed by atoms with Crippen LogP contribution in [0, 0.1) is 0 Å². The second-order valence-corrected chi connectivity index (χ2v) is 4.93. The summed E-state index contributed by atoms with van der Waals surface area (Å²) in [6, 6.07) is 1.98. The van der Waals surface area contributed by atoms with Crippen molar-refractivity contribution in [1.29, 1.82) is 0 Å². The Hall–Kier alpha value is -0.970. The highest BCUT2D eigenvalue weighted by Gasteiger charge is 2.44. The molecule has 0 radical (unpaired) electrons. The summed E-state index contributed by atoms with van der Waals surface area (Å²) in [5.74, 6) is 0. The number of hydrogen-bond acceptors (Lipinski definition) is 4. The van der Waals surface area contributed by atoms with E-state index in [0.717, 1.165) is 36.7 Å². The first kappa shape index (κ1) is 11.1. The van der Waals surface area contributed by atoms with Gasteiger partial charge in [-0.15, -0.1) is 0 Å². The summed E-state index contributed by atoms with van der Waals surface area (Å²) in [5.41, 5.74) is 1.96. The molecular formula is C12H13ClN2O2. The van der Waals surface area contributed by atoms with Crippen LogP contribution >= 0.6 is 11.6 Å². The van der Waals surface area contributed by atoms with Gasteiger partial charge in [0.25, 0.3) is 0 Å². The van der Waals surface area contributed by atoms with Gasteiger partial charge >= 0.3 is 0 Å². The van der Waals surface area contributed by atoms with Gasteiger partial charge in [-0.3, -0.25) is 10.1 Å². The lowest BCUT2D eigenvalue weighted by Crippen LogP contribution is -2.45. The van der Waals surface area contributed by atoms with Gasteiger partial charge in [0.1, 0.15) is 5.15 Å². The molecule has 17 heavy (non-hydrogen) atoms. The topological polar surface area (TPSA) is 51.2 Å². The molecule has 3 rings (SSSR count). The molecule has 0 aromatic carbocycles. The first-order chi connectivity index (χ1) is 8.25. The molecule has 5 heteroatoms. The summed E-state index contributed by atoms with van der Waals surface area (Å²) in [4.78, 5) is 14.9. The molecule has 0 amide bonds. The van der Waals surface area contributed by atoms with Gasteiger partial charge in [0, 0.05) is 6.20 Å². The normalized spacial score (nSPS) is 31.5. The summed E-state index contributed by atoms with van der Waals surface area (Å²) >= 11 is 6.12. The zero-order valence-electron chi connectivity index (χ0n) is 9.28. The third-order valence-electron chi connectivity index (χ3n) is 3.60. The number of nitrogens with one attached hydrogen (secondary N) is 1. The Labute approximate surface area is 104 Å². The van der Waals surface area contributed by atoms with Crippen LogP contribution in [0.5, 0.6) is 0 Å². The second kappa shape index (κ2) is 4.05. The van der Waals surface area contributed by atoms with E-state index in [0.29, 0.717) is 11.8 Å². The molecule has 0 saturated carbocycles. The van der Waals surface area contributed by atoms with Gasteiger partial charge < -0.3 is 4.74 Å². The zero-order chi connectivity index (χ0) is 11.9. The van der Waals surface area contributed by atoms with Crippen LogP contribution in [0.25, 0.3) is 0 Å². The van der Waals surface area contributed by atoms with Gasteiger partial charge in [-0.2, -0.15) is 0 Å². The van der Waals surface area contributed by atoms with Crippen LogP contribution in [0.2, 0.25) is 5.15 Å². The maximum atomic E-state index is 10.8. The highest BCUT2D eigenvalue weighted by atomic mass is 35.5. The average Bonchev–Trinajstić information content (AvgIpc) is 2.75. The molecule has 1 saturated heterocycles. The molecule has 1 aromatic rings. The maximum Gasteiger partial charge on any atom is 0.165 e. The van der Waals surface area contributed by atoms with E-state index in [1.165, 1.54) is 0 Å². The van der Waals surface area contributed by atoms with Crippen molar-refractivity contribution >= 4 is 17.9 Å². The van der Waals surface area contributed by atoms with Crippen LogP contribution in [0.15, 0.2) is 12.3 Å². The fourth-order valence-electron chi connectivity index (χ4n) is 2.82. The van der Waals surface area contributed by atoms with Gasteiger partial charge in [-0.1, -0.05) is 11.6 Å². The summed E-state index contributed by atoms with van der Waals surface area (Å²) in [6.45, 7) is 0.518. The molecule has 1 fully saturated rings. The smallest absolute Gasteiger partial charge is 0.165 e. The quantitative estimate of drug-likeness (QED) is 0.607. The number of aromatic nitrogens is 1. The fraction of sp³-hybridized carbons (Fsp3) is 0.500. The maximum absolute atomic E-state index is 10.8. The number of nitrogens with zero attached hydrogens (tertiary/aromatic N) is 1. The molecule has 1 aromatic heterocycles. The Bertz CT molecular complexity index is 466. The molecule has 1 aliphatic carbocycles. The molecule has 90 valence electrons. The van der Waals surface area contributed by atoms with E-state index >= 15 is 0 Å². The molecule has 2 heterocycles. The van der Waals surface area contributed by atoms with Crippen LogP contribution in [-0.4, -0.2) is 24.1 Å². The van der Waals surface area contributed by atoms with Crippen LogP contribution in [0.4, 0.5) is 0 Å². The molecular weight excluding hydrogens is 240 g/mol. The third-order valence-corrected chi connectivity index (χ3v) is 3.93. The summed E-state index contributed by atoms with van der Waals surface area (Å²) in [5, 5.41) is 3.83. The van der Waals surface area contributed by atoms with Crippen LogP contribution in [0.3, 0.4) is 0 Å². The molecule has 1 spiro atoms. The van der Waals surface area contributed by atoms with E-state index in [-0.39, 0.29) is 5.54 Å². The SMILES string of the molecule is O=CC1N[C@]2(CCCc3c2ccnc3Cl)CO1. The first-order valence-electron chi connectivity index (χ1n) is 5.74. The van der Waals surface area contributed by atoms with Gasteiger partial charge in [0.2, 0.25) is 0 Å². The lowest BCUT2D eigenvalue weighted by atomic mass is 9.78. The van der Waals surface area contributed by atoms with Crippen molar-refractivity contribution in [2.24, 2.45) is 0 Å². The van der Waals surface area contributed by atoms with E-state index < -0.39 is 6.23 Å². The Morgan fingerprint density at radius 3 is 3.29 bits per heavy atom. The molecule has 0 bridgehead atoms. The van der Waals surface area contributed by atoms with Crippen molar-refractivity contribution in [3.63, 3.8) is 0 Å². The summed E-state index contributed by atoms with van der Waals surface area (Å²) in [7, 11) is 0. The van der Waals surface area contributed by atoms with E-state index in [9.17, 15) is 4.79 Å². The molecule has 2 atom stereocenters. The molecule has 1 N–H and O–H groups in total. The van der Waals surface area contributed by atoms with E-state index in [1.807, 2.05) is 6.07 Å². The Morgan fingerprint density at radius 1 is 1.65 bits per heavy atom. The Kier molecular flexibility index (Phi) is 2.65. The molecule has 4 nitrogen and oxygen atoms in total. The van der Waals surface area contributed by atoms with Crippen molar-refractivity contribution in [1.82, 2.24) is 10.3 Å². The fourth-order valence-corrected chi connectivity index (χ4v) is 3.07. The number of fused-ring (bicyclic) bond motifs is 2. The number of ether oxygens (including phenoxy) is 1. The molecule has 1 aliphatic heterocycles. The van der Waals surface area contributed by atoms with Crippen LogP contribution in [-0.2, 0) is 21.5 Å². The number of rotatable bonds is 1. The minimum absolute atomic E-state index is 0.258. The highest BCUT2D eigenvalue weighted by molar-refractivity contribution is 6.30. The Morgan fingerprint density at radius 2 is 2.53 bits per heavy atom. The third kappa shape index (κ3) is 1.68. The first-order valence-corrected chi connectivity index (χ1v) is 6.11. The van der Waals surface area contributed by atoms with Crippen molar-refractivity contribution < 1.29 is 9.53 Å². The number of pyridine rings is 1. The highest BCUT2D eigenvalue weighted by Crippen LogP contribution is 2.40. The number of carbonyl (C=O) groups is 1. The van der Waals surface area contributed by atoms with E-state index in [2.05, 4.69) is 10.3 Å². The van der Waals surface area contributed by atoms with Gasteiger partial charge in [0.15, 0.2) is 12.5 Å².